The number of hydrogen-bond donors (Lipinski definition) is 3. The Kier molecular flexibility index (Phi) is 45.3. The first kappa shape index (κ1) is 63.6. The molecule has 3 N–H and O–H groups in total. The monoisotopic (exact) mass is 950 g/mol. The number of nitrogens with zero attached hydrogens (tertiary/aromatic N) is 1. The number of carbonyl (C=O) groups excluding carboxylic acids is 1. The van der Waals surface area contributed by atoms with E-state index in [4.69, 9.17) is 9.05 Å². The lowest BCUT2D eigenvalue weighted by atomic mass is 10.1. The summed E-state index contributed by atoms with van der Waals surface area (Å²) in [5, 5.41) is 13.8. The Morgan fingerprint density at radius 1 is 0.522 bits per heavy atom. The van der Waals surface area contributed by atoms with Crippen LogP contribution in [0, 0.1) is 0 Å². The quantitative estimate of drug-likeness (QED) is 0.0243. The smallest absolute Gasteiger partial charge is 0.387 e. The molecule has 67 heavy (non-hydrogen) atoms. The van der Waals surface area contributed by atoms with Gasteiger partial charge < -0.3 is 19.8 Å². The molecule has 9 heteroatoms. The highest BCUT2D eigenvalue weighted by atomic mass is 31.2. The Hall–Kier alpha value is -3.36. The van der Waals surface area contributed by atoms with Gasteiger partial charge in [-0.2, -0.15) is 0 Å². The van der Waals surface area contributed by atoms with Crippen molar-refractivity contribution in [3.05, 3.63) is 134 Å². The standard InChI is InChI=1S/C58H97N2O6P/c1-6-8-10-12-14-16-18-20-22-24-25-26-27-28-29-30-31-32-33-34-35-36-38-40-42-44-46-48-50-52-58(62)59-56(55-66-67(63,64)65-54-53-60(3,4)5)57(61)51-49-47-45-43-41-39-37-23-21-19-17-15-13-11-9-7-2/h8,10,14,16,20-23,25-26,28-29,31-32,34-35,38,40-41,43,49,51,56-57,61H,6-7,9,11-13,15,17-19,24,27,30,33,36-37,39,42,44-48,50,52-55H2,1-5H3,(H-,59,62,63,64)/p+1/b10-8-,16-14-,22-20-,23-21+,26-25-,29-28-,32-31-,35-34-,40-38-,43-41+,51-49+. The molecule has 0 radical (unpaired) electrons. The summed E-state index contributed by atoms with van der Waals surface area (Å²) in [6.07, 6.45) is 72.5. The highest BCUT2D eigenvalue weighted by molar-refractivity contribution is 7.47. The van der Waals surface area contributed by atoms with Crippen LogP contribution in [-0.2, 0) is 18.4 Å². The van der Waals surface area contributed by atoms with E-state index in [9.17, 15) is 19.4 Å². The number of rotatable bonds is 45. The van der Waals surface area contributed by atoms with E-state index >= 15 is 0 Å². The number of aliphatic hydroxyl groups is 1. The Bertz CT molecular complexity index is 1540. The summed E-state index contributed by atoms with van der Waals surface area (Å²) in [6, 6.07) is -0.894. The molecule has 0 aliphatic rings. The molecule has 0 aromatic rings. The van der Waals surface area contributed by atoms with Gasteiger partial charge in [0.1, 0.15) is 13.2 Å². The minimum absolute atomic E-state index is 0.0400. The van der Waals surface area contributed by atoms with Crippen LogP contribution in [0.15, 0.2) is 134 Å². The summed E-state index contributed by atoms with van der Waals surface area (Å²) < 4.78 is 23.6. The maximum atomic E-state index is 12.9. The van der Waals surface area contributed by atoms with Crippen molar-refractivity contribution >= 4 is 13.7 Å². The van der Waals surface area contributed by atoms with Gasteiger partial charge in [-0.05, 0) is 109 Å². The van der Waals surface area contributed by atoms with Crippen molar-refractivity contribution in [2.75, 3.05) is 40.9 Å². The molecule has 0 heterocycles. The first-order valence-corrected chi connectivity index (χ1v) is 27.6. The molecule has 3 unspecified atom stereocenters. The van der Waals surface area contributed by atoms with E-state index in [0.717, 1.165) is 109 Å². The van der Waals surface area contributed by atoms with E-state index in [0.29, 0.717) is 17.4 Å². The van der Waals surface area contributed by atoms with Gasteiger partial charge in [-0.25, -0.2) is 4.57 Å². The second-order valence-electron chi connectivity index (χ2n) is 18.1. The average Bonchev–Trinajstić information content (AvgIpc) is 3.29. The number of carbonyl (C=O) groups is 1. The average molecular weight is 950 g/mol. The van der Waals surface area contributed by atoms with Crippen LogP contribution in [-0.4, -0.2) is 73.4 Å². The lowest BCUT2D eigenvalue weighted by Gasteiger charge is -2.25. The second-order valence-corrected chi connectivity index (χ2v) is 19.6. The van der Waals surface area contributed by atoms with E-state index in [1.165, 1.54) is 44.9 Å². The molecule has 0 aliphatic carbocycles. The summed E-state index contributed by atoms with van der Waals surface area (Å²) in [5.41, 5.74) is 0. The fraction of sp³-hybridized carbons (Fsp3) is 0.603. The van der Waals surface area contributed by atoms with Crippen molar-refractivity contribution in [2.24, 2.45) is 0 Å². The van der Waals surface area contributed by atoms with Crippen molar-refractivity contribution in [1.82, 2.24) is 5.32 Å². The molecule has 0 fully saturated rings. The Labute approximate surface area is 411 Å². The highest BCUT2D eigenvalue weighted by Crippen LogP contribution is 2.43. The maximum Gasteiger partial charge on any atom is 0.472 e. The van der Waals surface area contributed by atoms with Gasteiger partial charge in [0, 0.05) is 6.42 Å². The number of unbranched alkanes of at least 4 members (excludes halogenated alkanes) is 12. The molecule has 8 nitrogen and oxygen atoms in total. The summed E-state index contributed by atoms with van der Waals surface area (Å²) >= 11 is 0. The fourth-order valence-corrected chi connectivity index (χ4v) is 7.23. The predicted octanol–water partition coefficient (Wildman–Crippen LogP) is 15.6. The molecule has 0 rings (SSSR count). The molecule has 3 atom stereocenters. The topological polar surface area (TPSA) is 105 Å². The lowest BCUT2D eigenvalue weighted by Crippen LogP contribution is -2.45. The summed E-state index contributed by atoms with van der Waals surface area (Å²) in [7, 11) is 1.50. The van der Waals surface area contributed by atoms with Crippen LogP contribution in [0.3, 0.4) is 0 Å². The third-order valence-electron chi connectivity index (χ3n) is 10.6. The molecular weight excluding hydrogens is 852 g/mol. The summed E-state index contributed by atoms with van der Waals surface area (Å²) in [4.78, 5) is 23.2. The molecule has 0 aromatic heterocycles. The van der Waals surface area contributed by atoms with Crippen LogP contribution >= 0.6 is 7.82 Å². The van der Waals surface area contributed by atoms with Gasteiger partial charge in [-0.15, -0.1) is 0 Å². The zero-order valence-electron chi connectivity index (χ0n) is 43.1. The van der Waals surface area contributed by atoms with Crippen LogP contribution in [0.1, 0.15) is 174 Å². The van der Waals surface area contributed by atoms with E-state index in [1.54, 1.807) is 6.08 Å². The van der Waals surface area contributed by atoms with Crippen LogP contribution in [0.5, 0.6) is 0 Å². The molecule has 0 aliphatic heterocycles. The molecule has 380 valence electrons. The molecule has 0 bridgehead atoms. The Morgan fingerprint density at radius 3 is 1.37 bits per heavy atom. The highest BCUT2D eigenvalue weighted by Gasteiger charge is 2.27. The van der Waals surface area contributed by atoms with Gasteiger partial charge in [-0.1, -0.05) is 192 Å². The number of hydrogen-bond acceptors (Lipinski definition) is 5. The first-order chi connectivity index (χ1) is 32.5. The van der Waals surface area contributed by atoms with Gasteiger partial charge in [0.15, 0.2) is 0 Å². The first-order valence-electron chi connectivity index (χ1n) is 26.1. The molecule has 0 spiro atoms. The van der Waals surface area contributed by atoms with Gasteiger partial charge in [0.2, 0.25) is 5.91 Å². The number of allylic oxidation sites excluding steroid dienone is 21. The van der Waals surface area contributed by atoms with Gasteiger partial charge in [0.25, 0.3) is 0 Å². The Balaban J connectivity index is 4.42. The van der Waals surface area contributed by atoms with Crippen molar-refractivity contribution in [2.45, 2.75) is 187 Å². The largest absolute Gasteiger partial charge is 0.472 e. The summed E-state index contributed by atoms with van der Waals surface area (Å²) in [6.45, 7) is 4.61. The van der Waals surface area contributed by atoms with E-state index < -0.39 is 20.0 Å². The van der Waals surface area contributed by atoms with Crippen molar-refractivity contribution in [1.29, 1.82) is 0 Å². The summed E-state index contributed by atoms with van der Waals surface area (Å²) in [5.74, 6) is -0.223. The van der Waals surface area contributed by atoms with Gasteiger partial charge in [0.05, 0.1) is 39.9 Å². The van der Waals surface area contributed by atoms with Crippen molar-refractivity contribution in [3.63, 3.8) is 0 Å². The Morgan fingerprint density at radius 2 is 0.910 bits per heavy atom. The predicted molar refractivity (Wildman–Crippen MR) is 290 cm³/mol. The van der Waals surface area contributed by atoms with Crippen molar-refractivity contribution < 1.29 is 32.9 Å². The number of likely N-dealkylation sites (N-methyl/N-ethyl adjacent to an activating group) is 1. The maximum absolute atomic E-state index is 12.9. The number of quaternary nitrogens is 1. The normalized spacial score (nSPS) is 15.1. The molecule has 1 amide bonds. The minimum Gasteiger partial charge on any atom is -0.387 e. The van der Waals surface area contributed by atoms with E-state index in [2.05, 4.69) is 141 Å². The molecule has 0 saturated carbocycles. The van der Waals surface area contributed by atoms with Crippen LogP contribution in [0.2, 0.25) is 0 Å². The third kappa shape index (κ3) is 50.3. The third-order valence-corrected chi connectivity index (χ3v) is 11.6. The number of phosphoric ester groups is 1. The van der Waals surface area contributed by atoms with Crippen LogP contribution in [0.4, 0.5) is 0 Å². The number of phosphoric acid groups is 1. The number of aliphatic hydroxyl groups excluding tert-OH is 1. The zero-order chi connectivity index (χ0) is 49.2. The zero-order valence-corrected chi connectivity index (χ0v) is 44.0. The molecular formula is C58H98N2O6P+. The van der Waals surface area contributed by atoms with Crippen molar-refractivity contribution in [3.8, 4) is 0 Å². The van der Waals surface area contributed by atoms with Crippen LogP contribution in [0.25, 0.3) is 0 Å². The SMILES string of the molecule is CC/C=C\C/C=C\C/C=C\C/C=C\C/C=C\C/C=C\C/C=C\C/C=C\CCCCCCC(=O)NC(COP(=O)(O)OCC[N+](C)(C)C)C(O)/C=C/CC/C=C/CC/C=C/CCCCCCCC. The minimum atomic E-state index is -4.37. The van der Waals surface area contributed by atoms with Gasteiger partial charge in [-0.3, -0.25) is 13.8 Å². The van der Waals surface area contributed by atoms with E-state index in [-0.39, 0.29) is 19.1 Å². The lowest BCUT2D eigenvalue weighted by molar-refractivity contribution is -0.870. The molecule has 0 saturated heterocycles. The second kappa shape index (κ2) is 47.7. The van der Waals surface area contributed by atoms with E-state index in [1.807, 2.05) is 27.2 Å². The fourth-order valence-electron chi connectivity index (χ4n) is 6.50. The van der Waals surface area contributed by atoms with Crippen LogP contribution < -0.4 is 5.32 Å². The number of amides is 1. The number of nitrogens with one attached hydrogen (secondary N) is 1. The molecule has 0 aromatic carbocycles. The van der Waals surface area contributed by atoms with Gasteiger partial charge >= 0.3 is 7.82 Å².